The molecular formula is C14H23BrN2. The summed E-state index contributed by atoms with van der Waals surface area (Å²) in [5, 5.41) is 3.46. The van der Waals surface area contributed by atoms with Crippen LogP contribution < -0.4 is 11.1 Å². The van der Waals surface area contributed by atoms with Gasteiger partial charge in [0.1, 0.15) is 0 Å². The number of hydrogen-bond donors (Lipinski definition) is 2. The third-order valence-corrected chi connectivity index (χ3v) is 3.48. The molecule has 0 atom stereocenters. The van der Waals surface area contributed by atoms with Crippen molar-refractivity contribution in [1.82, 2.24) is 5.32 Å². The highest BCUT2D eigenvalue weighted by atomic mass is 79.9. The van der Waals surface area contributed by atoms with Crippen molar-refractivity contribution in [2.24, 2.45) is 5.73 Å². The van der Waals surface area contributed by atoms with E-state index in [0.717, 1.165) is 32.4 Å². The summed E-state index contributed by atoms with van der Waals surface area (Å²) in [6.07, 6.45) is 3.27. The van der Waals surface area contributed by atoms with Crippen molar-refractivity contribution in [3.63, 3.8) is 0 Å². The van der Waals surface area contributed by atoms with Gasteiger partial charge in [-0.25, -0.2) is 0 Å². The number of nitrogens with one attached hydrogen (secondary N) is 1. The SMILES string of the molecule is CC(C)(N)CCCNCCc1ccccc1Br. The zero-order valence-corrected chi connectivity index (χ0v) is 12.4. The van der Waals surface area contributed by atoms with Crippen LogP contribution in [0.2, 0.25) is 0 Å². The average Bonchev–Trinajstić information content (AvgIpc) is 2.24. The Bertz CT molecular complexity index is 331. The highest BCUT2D eigenvalue weighted by Gasteiger charge is 2.08. The van der Waals surface area contributed by atoms with Crippen LogP contribution in [-0.4, -0.2) is 18.6 Å². The molecule has 17 heavy (non-hydrogen) atoms. The molecule has 0 saturated carbocycles. The van der Waals surface area contributed by atoms with Crippen LogP contribution in [0.15, 0.2) is 28.7 Å². The Labute approximate surface area is 113 Å². The van der Waals surface area contributed by atoms with E-state index in [1.807, 2.05) is 6.07 Å². The Kier molecular flexibility index (Phi) is 6.17. The lowest BCUT2D eigenvalue weighted by atomic mass is 10.0. The van der Waals surface area contributed by atoms with Crippen molar-refractivity contribution >= 4 is 15.9 Å². The highest BCUT2D eigenvalue weighted by molar-refractivity contribution is 9.10. The van der Waals surface area contributed by atoms with Crippen LogP contribution in [0.3, 0.4) is 0 Å². The highest BCUT2D eigenvalue weighted by Crippen LogP contribution is 2.15. The van der Waals surface area contributed by atoms with E-state index in [2.05, 4.69) is 53.3 Å². The fourth-order valence-electron chi connectivity index (χ4n) is 1.72. The molecule has 0 spiro atoms. The normalized spacial score (nSPS) is 11.8. The molecule has 0 bridgehead atoms. The predicted octanol–water partition coefficient (Wildman–Crippen LogP) is 3.10. The van der Waals surface area contributed by atoms with E-state index in [-0.39, 0.29) is 5.54 Å². The maximum absolute atomic E-state index is 5.93. The summed E-state index contributed by atoms with van der Waals surface area (Å²) in [5.41, 5.74) is 7.25. The first kappa shape index (κ1) is 14.7. The van der Waals surface area contributed by atoms with Gasteiger partial charge in [-0.05, 0) is 57.8 Å². The lowest BCUT2D eigenvalue weighted by molar-refractivity contribution is 0.449. The fourth-order valence-corrected chi connectivity index (χ4v) is 2.20. The minimum absolute atomic E-state index is 0.0376. The van der Waals surface area contributed by atoms with Gasteiger partial charge in [-0.15, -0.1) is 0 Å². The van der Waals surface area contributed by atoms with Gasteiger partial charge in [-0.1, -0.05) is 34.1 Å². The lowest BCUT2D eigenvalue weighted by Gasteiger charge is -2.18. The second-order valence-corrected chi connectivity index (χ2v) is 6.04. The van der Waals surface area contributed by atoms with Crippen LogP contribution in [0.5, 0.6) is 0 Å². The molecule has 3 heteroatoms. The molecule has 0 aromatic heterocycles. The molecule has 0 fully saturated rings. The van der Waals surface area contributed by atoms with E-state index in [9.17, 15) is 0 Å². The van der Waals surface area contributed by atoms with Gasteiger partial charge in [0.15, 0.2) is 0 Å². The number of benzene rings is 1. The summed E-state index contributed by atoms with van der Waals surface area (Å²) >= 11 is 3.56. The largest absolute Gasteiger partial charge is 0.326 e. The van der Waals surface area contributed by atoms with E-state index in [4.69, 9.17) is 5.73 Å². The van der Waals surface area contributed by atoms with Crippen molar-refractivity contribution in [2.75, 3.05) is 13.1 Å². The van der Waals surface area contributed by atoms with E-state index in [1.165, 1.54) is 10.0 Å². The molecule has 0 heterocycles. The number of halogens is 1. The molecule has 1 aromatic rings. The van der Waals surface area contributed by atoms with Crippen molar-refractivity contribution in [1.29, 1.82) is 0 Å². The topological polar surface area (TPSA) is 38.0 Å². The van der Waals surface area contributed by atoms with E-state index >= 15 is 0 Å². The van der Waals surface area contributed by atoms with Crippen LogP contribution in [0, 0.1) is 0 Å². The molecule has 96 valence electrons. The van der Waals surface area contributed by atoms with Gasteiger partial charge in [0.2, 0.25) is 0 Å². The molecule has 3 N–H and O–H groups in total. The maximum atomic E-state index is 5.93. The Morgan fingerprint density at radius 3 is 2.59 bits per heavy atom. The van der Waals surface area contributed by atoms with Crippen molar-refractivity contribution in [3.8, 4) is 0 Å². The first-order chi connectivity index (χ1) is 7.99. The van der Waals surface area contributed by atoms with Crippen molar-refractivity contribution < 1.29 is 0 Å². The van der Waals surface area contributed by atoms with Gasteiger partial charge in [-0.2, -0.15) is 0 Å². The van der Waals surface area contributed by atoms with Gasteiger partial charge in [0.25, 0.3) is 0 Å². The molecule has 0 aliphatic heterocycles. The van der Waals surface area contributed by atoms with Crippen molar-refractivity contribution in [3.05, 3.63) is 34.3 Å². The zero-order valence-electron chi connectivity index (χ0n) is 10.8. The summed E-state index contributed by atoms with van der Waals surface area (Å²) in [6.45, 7) is 6.22. The minimum Gasteiger partial charge on any atom is -0.326 e. The summed E-state index contributed by atoms with van der Waals surface area (Å²) in [6, 6.07) is 8.38. The predicted molar refractivity (Wildman–Crippen MR) is 78.2 cm³/mol. The van der Waals surface area contributed by atoms with Gasteiger partial charge < -0.3 is 11.1 Å². The van der Waals surface area contributed by atoms with Crippen LogP contribution in [0.4, 0.5) is 0 Å². The molecule has 0 amide bonds. The van der Waals surface area contributed by atoms with Crippen LogP contribution >= 0.6 is 15.9 Å². The van der Waals surface area contributed by atoms with E-state index in [1.54, 1.807) is 0 Å². The minimum atomic E-state index is -0.0376. The second-order valence-electron chi connectivity index (χ2n) is 5.18. The maximum Gasteiger partial charge on any atom is 0.0207 e. The smallest absolute Gasteiger partial charge is 0.0207 e. The summed E-state index contributed by atoms with van der Waals surface area (Å²) in [5.74, 6) is 0. The molecule has 0 aliphatic rings. The first-order valence-electron chi connectivity index (χ1n) is 6.22. The molecule has 2 nitrogen and oxygen atoms in total. The first-order valence-corrected chi connectivity index (χ1v) is 7.01. The molecule has 0 unspecified atom stereocenters. The Morgan fingerprint density at radius 2 is 1.94 bits per heavy atom. The summed E-state index contributed by atoms with van der Waals surface area (Å²) in [7, 11) is 0. The summed E-state index contributed by atoms with van der Waals surface area (Å²) < 4.78 is 1.20. The van der Waals surface area contributed by atoms with Gasteiger partial charge in [0.05, 0.1) is 0 Å². The molecular weight excluding hydrogens is 276 g/mol. The monoisotopic (exact) mass is 298 g/mol. The molecule has 1 aromatic carbocycles. The Balaban J connectivity index is 2.11. The third kappa shape index (κ3) is 6.81. The van der Waals surface area contributed by atoms with Crippen molar-refractivity contribution in [2.45, 2.75) is 38.6 Å². The number of hydrogen-bond acceptors (Lipinski definition) is 2. The molecule has 0 saturated heterocycles. The van der Waals surface area contributed by atoms with Crippen LogP contribution in [0.1, 0.15) is 32.3 Å². The van der Waals surface area contributed by atoms with Gasteiger partial charge >= 0.3 is 0 Å². The van der Waals surface area contributed by atoms with E-state index in [0.29, 0.717) is 0 Å². The van der Waals surface area contributed by atoms with E-state index < -0.39 is 0 Å². The zero-order chi connectivity index (χ0) is 12.7. The molecule has 0 aliphatic carbocycles. The van der Waals surface area contributed by atoms with Crippen LogP contribution in [-0.2, 0) is 6.42 Å². The summed E-state index contributed by atoms with van der Waals surface area (Å²) in [4.78, 5) is 0. The van der Waals surface area contributed by atoms with Gasteiger partial charge in [-0.3, -0.25) is 0 Å². The second kappa shape index (κ2) is 7.14. The Hall–Kier alpha value is -0.380. The number of rotatable bonds is 7. The standard InChI is InChI=1S/C14H23BrN2/c1-14(2,16)9-5-10-17-11-8-12-6-3-4-7-13(12)15/h3-4,6-7,17H,5,8-11,16H2,1-2H3. The lowest BCUT2D eigenvalue weighted by Crippen LogP contribution is -2.33. The van der Waals surface area contributed by atoms with Gasteiger partial charge in [0, 0.05) is 10.0 Å². The fraction of sp³-hybridized carbons (Fsp3) is 0.571. The third-order valence-electron chi connectivity index (χ3n) is 2.70. The number of nitrogens with two attached hydrogens (primary N) is 1. The molecule has 0 radical (unpaired) electrons. The quantitative estimate of drug-likeness (QED) is 0.759. The average molecular weight is 299 g/mol. The molecule has 1 rings (SSSR count). The Morgan fingerprint density at radius 1 is 1.24 bits per heavy atom. The van der Waals surface area contributed by atoms with Crippen LogP contribution in [0.25, 0.3) is 0 Å².